The van der Waals surface area contributed by atoms with Gasteiger partial charge < -0.3 is 14.1 Å². The van der Waals surface area contributed by atoms with E-state index in [0.717, 1.165) is 22.4 Å². The molecule has 5 heteroatoms. The van der Waals surface area contributed by atoms with Gasteiger partial charge >= 0.3 is 0 Å². The first kappa shape index (κ1) is 17.2. The second-order valence-corrected chi connectivity index (χ2v) is 7.05. The summed E-state index contributed by atoms with van der Waals surface area (Å²) >= 11 is 1.62. The van der Waals surface area contributed by atoms with E-state index in [9.17, 15) is 4.79 Å². The molecule has 0 saturated heterocycles. The van der Waals surface area contributed by atoms with Gasteiger partial charge in [0.15, 0.2) is 5.76 Å². The van der Waals surface area contributed by atoms with Crippen molar-refractivity contribution in [3.8, 4) is 0 Å². The van der Waals surface area contributed by atoms with E-state index in [0.29, 0.717) is 18.1 Å². The van der Waals surface area contributed by atoms with Crippen molar-refractivity contribution < 1.29 is 9.53 Å². The number of aliphatic imine (C=N–C) groups is 1. The maximum absolute atomic E-state index is 11.0. The van der Waals surface area contributed by atoms with Crippen LogP contribution in [-0.2, 0) is 23.2 Å². The summed E-state index contributed by atoms with van der Waals surface area (Å²) in [5, 5.41) is 1.18. The SMILES string of the molecule is C=N/C(CC=O)=C(\OCc1cc2ccccc2n1C)c1ccc(C)s1. The molecular formula is C20H20N2O2S. The van der Waals surface area contributed by atoms with Crippen LogP contribution < -0.4 is 0 Å². The van der Waals surface area contributed by atoms with Crippen LogP contribution in [0.3, 0.4) is 0 Å². The maximum atomic E-state index is 11.0. The predicted octanol–water partition coefficient (Wildman–Crippen LogP) is 4.72. The fraction of sp³-hybridized carbons (Fsp3) is 0.200. The summed E-state index contributed by atoms with van der Waals surface area (Å²) < 4.78 is 8.24. The van der Waals surface area contributed by atoms with Gasteiger partial charge in [0, 0.05) is 23.9 Å². The third-order valence-electron chi connectivity index (χ3n) is 4.11. The van der Waals surface area contributed by atoms with Crippen LogP contribution in [0.15, 0.2) is 53.2 Å². The number of aromatic nitrogens is 1. The predicted molar refractivity (Wildman–Crippen MR) is 104 cm³/mol. The van der Waals surface area contributed by atoms with E-state index in [1.807, 2.05) is 38.2 Å². The molecule has 3 rings (SSSR count). The third-order valence-corrected chi connectivity index (χ3v) is 5.11. The highest BCUT2D eigenvalue weighted by Gasteiger charge is 2.14. The van der Waals surface area contributed by atoms with Crippen molar-refractivity contribution >= 4 is 41.0 Å². The first-order valence-corrected chi connectivity index (χ1v) is 8.82. The van der Waals surface area contributed by atoms with Crippen molar-refractivity contribution in [2.24, 2.45) is 12.0 Å². The Labute approximate surface area is 151 Å². The lowest BCUT2D eigenvalue weighted by Gasteiger charge is -2.12. The summed E-state index contributed by atoms with van der Waals surface area (Å²) in [5.74, 6) is 0.630. The molecule has 2 heterocycles. The number of nitrogens with zero attached hydrogens (tertiary/aromatic N) is 2. The number of hydrogen-bond acceptors (Lipinski definition) is 4. The van der Waals surface area contributed by atoms with E-state index in [1.54, 1.807) is 11.3 Å². The Bertz CT molecular complexity index is 950. The highest BCUT2D eigenvalue weighted by Crippen LogP contribution is 2.30. The first-order chi connectivity index (χ1) is 12.1. The molecule has 0 aliphatic heterocycles. The molecule has 0 fully saturated rings. The number of allylic oxidation sites excluding steroid dienone is 1. The number of aryl methyl sites for hydroxylation is 2. The molecule has 0 N–H and O–H groups in total. The Kier molecular flexibility index (Phi) is 5.14. The fourth-order valence-electron chi connectivity index (χ4n) is 2.79. The van der Waals surface area contributed by atoms with Crippen molar-refractivity contribution in [1.82, 2.24) is 4.57 Å². The van der Waals surface area contributed by atoms with Crippen molar-refractivity contribution in [2.75, 3.05) is 0 Å². The van der Waals surface area contributed by atoms with Crippen molar-refractivity contribution in [3.05, 3.63) is 63.6 Å². The van der Waals surface area contributed by atoms with Crippen molar-refractivity contribution in [2.45, 2.75) is 20.0 Å². The minimum absolute atomic E-state index is 0.185. The minimum Gasteiger partial charge on any atom is -0.484 e. The second kappa shape index (κ2) is 7.49. The maximum Gasteiger partial charge on any atom is 0.158 e. The van der Waals surface area contributed by atoms with Crippen LogP contribution in [0, 0.1) is 6.92 Å². The lowest BCUT2D eigenvalue weighted by molar-refractivity contribution is -0.107. The summed E-state index contributed by atoms with van der Waals surface area (Å²) in [6.45, 7) is 6.03. The quantitative estimate of drug-likeness (QED) is 0.351. The normalized spacial score (nSPS) is 12.1. The lowest BCUT2D eigenvalue weighted by Crippen LogP contribution is -2.01. The first-order valence-electron chi connectivity index (χ1n) is 8.00. The molecule has 0 bridgehead atoms. The Morgan fingerprint density at radius 2 is 2.12 bits per heavy atom. The number of aldehydes is 1. The van der Waals surface area contributed by atoms with Crippen molar-refractivity contribution in [1.29, 1.82) is 0 Å². The van der Waals surface area contributed by atoms with Crippen molar-refractivity contribution in [3.63, 3.8) is 0 Å². The molecule has 0 amide bonds. The van der Waals surface area contributed by atoms with Gasteiger partial charge in [-0.15, -0.1) is 11.3 Å². The molecule has 25 heavy (non-hydrogen) atoms. The number of fused-ring (bicyclic) bond motifs is 1. The molecule has 4 nitrogen and oxygen atoms in total. The van der Waals surface area contributed by atoms with Crippen LogP contribution >= 0.6 is 11.3 Å². The van der Waals surface area contributed by atoms with Crippen LogP contribution in [0.4, 0.5) is 0 Å². The number of carbonyl (C=O) groups excluding carboxylic acids is 1. The summed E-state index contributed by atoms with van der Waals surface area (Å²) in [5.41, 5.74) is 2.78. The Morgan fingerprint density at radius 3 is 2.76 bits per heavy atom. The van der Waals surface area contributed by atoms with Crippen LogP contribution in [-0.4, -0.2) is 17.6 Å². The lowest BCUT2D eigenvalue weighted by atomic mass is 10.2. The number of ether oxygens (including phenoxy) is 1. The molecule has 1 aromatic carbocycles. The topological polar surface area (TPSA) is 43.6 Å². The fourth-order valence-corrected chi connectivity index (χ4v) is 3.68. The van der Waals surface area contributed by atoms with Gasteiger partial charge in [-0.2, -0.15) is 0 Å². The monoisotopic (exact) mass is 352 g/mol. The molecule has 0 unspecified atom stereocenters. The van der Waals surface area contributed by atoms with E-state index in [2.05, 4.69) is 34.5 Å². The zero-order valence-corrected chi connectivity index (χ0v) is 15.2. The smallest absolute Gasteiger partial charge is 0.158 e. The summed E-state index contributed by atoms with van der Waals surface area (Å²) in [6, 6.07) is 14.4. The van der Waals surface area contributed by atoms with Crippen LogP contribution in [0.25, 0.3) is 16.7 Å². The molecule has 0 radical (unpaired) electrons. The summed E-state index contributed by atoms with van der Waals surface area (Å²) in [6.07, 6.45) is 1.01. The molecule has 2 aromatic heterocycles. The Hall–Kier alpha value is -2.66. The molecule has 0 aliphatic carbocycles. The number of para-hydroxylation sites is 1. The highest BCUT2D eigenvalue weighted by atomic mass is 32.1. The van der Waals surface area contributed by atoms with Gasteiger partial charge in [-0.1, -0.05) is 18.2 Å². The number of thiophene rings is 1. The number of rotatable bonds is 7. The summed E-state index contributed by atoms with van der Waals surface area (Å²) in [7, 11) is 2.03. The number of carbonyl (C=O) groups is 1. The van der Waals surface area contributed by atoms with Gasteiger partial charge in [0.2, 0.25) is 0 Å². The number of benzene rings is 1. The van der Waals surface area contributed by atoms with E-state index in [-0.39, 0.29) is 6.42 Å². The van der Waals surface area contributed by atoms with Gasteiger partial charge in [-0.25, -0.2) is 0 Å². The molecule has 0 aliphatic rings. The standard InChI is InChI=1S/C20H20N2O2S/c1-14-8-9-19(25-14)20(17(21-2)10-11-23)24-13-16-12-15-6-4-5-7-18(15)22(16)3/h4-9,11-12H,2,10,13H2,1,3H3/b20-17-. The largest absolute Gasteiger partial charge is 0.484 e. The minimum atomic E-state index is 0.185. The Morgan fingerprint density at radius 1 is 1.32 bits per heavy atom. The van der Waals surface area contributed by atoms with E-state index < -0.39 is 0 Å². The van der Waals surface area contributed by atoms with E-state index in [1.165, 1.54) is 10.3 Å². The average molecular weight is 352 g/mol. The van der Waals surface area contributed by atoms with Crippen LogP contribution in [0.2, 0.25) is 0 Å². The van der Waals surface area contributed by atoms with Crippen LogP contribution in [0.5, 0.6) is 0 Å². The van der Waals surface area contributed by atoms with E-state index >= 15 is 0 Å². The molecule has 3 aromatic rings. The molecule has 0 spiro atoms. The molecule has 0 atom stereocenters. The highest BCUT2D eigenvalue weighted by molar-refractivity contribution is 7.13. The van der Waals surface area contributed by atoms with Gasteiger partial charge in [-0.05, 0) is 43.3 Å². The Balaban J connectivity index is 1.93. The average Bonchev–Trinajstić information content (AvgIpc) is 3.18. The van der Waals surface area contributed by atoms with Gasteiger partial charge in [0.05, 0.1) is 16.3 Å². The van der Waals surface area contributed by atoms with Gasteiger partial charge in [0.25, 0.3) is 0 Å². The zero-order chi connectivity index (χ0) is 17.8. The molecule has 0 saturated carbocycles. The zero-order valence-electron chi connectivity index (χ0n) is 14.4. The molecular weight excluding hydrogens is 332 g/mol. The molecule has 128 valence electrons. The van der Waals surface area contributed by atoms with Gasteiger partial charge in [-0.3, -0.25) is 4.99 Å². The van der Waals surface area contributed by atoms with Gasteiger partial charge in [0.1, 0.15) is 12.9 Å². The summed E-state index contributed by atoms with van der Waals surface area (Å²) in [4.78, 5) is 17.1. The second-order valence-electron chi connectivity index (χ2n) is 5.76. The number of hydrogen-bond donors (Lipinski definition) is 0. The third kappa shape index (κ3) is 3.56. The van der Waals surface area contributed by atoms with E-state index in [4.69, 9.17) is 4.74 Å². The van der Waals surface area contributed by atoms with Crippen LogP contribution in [0.1, 0.15) is 21.9 Å².